The first-order valence-corrected chi connectivity index (χ1v) is 7.99. The Balaban J connectivity index is 1.92. The maximum absolute atomic E-state index is 13.5. The molecule has 7 heteroatoms. The second kappa shape index (κ2) is 6.79. The molecule has 3 rings (SSSR count). The number of rotatable bonds is 5. The molecule has 1 atom stereocenters. The number of hydrogen-bond donors (Lipinski definition) is 2. The fourth-order valence-corrected chi connectivity index (χ4v) is 2.93. The van der Waals surface area contributed by atoms with Gasteiger partial charge in [-0.15, -0.1) is 0 Å². The van der Waals surface area contributed by atoms with Crippen LogP contribution in [-0.4, -0.2) is 21.0 Å². The van der Waals surface area contributed by atoms with Crippen molar-refractivity contribution in [2.45, 2.75) is 18.8 Å². The number of halogens is 3. The highest BCUT2D eigenvalue weighted by atomic mass is 35.5. The zero-order valence-electron chi connectivity index (χ0n) is 12.4. The van der Waals surface area contributed by atoms with Crippen LogP contribution in [-0.2, 0) is 11.2 Å². The van der Waals surface area contributed by atoms with Crippen LogP contribution in [0.15, 0.2) is 36.4 Å². The predicted octanol–water partition coefficient (Wildman–Crippen LogP) is 4.81. The lowest BCUT2D eigenvalue weighted by Crippen LogP contribution is -2.10. The minimum Gasteiger partial charge on any atom is -0.481 e. The molecule has 3 aromatic rings. The van der Waals surface area contributed by atoms with E-state index in [1.807, 2.05) is 0 Å². The van der Waals surface area contributed by atoms with E-state index in [0.717, 1.165) is 5.56 Å². The summed E-state index contributed by atoms with van der Waals surface area (Å²) in [5.74, 6) is -1.13. The molecule has 0 bridgehead atoms. The fraction of sp³-hybridized carbons (Fsp3) is 0.176. The molecule has 1 unspecified atom stereocenters. The lowest BCUT2D eigenvalue weighted by Gasteiger charge is -2.14. The van der Waals surface area contributed by atoms with Gasteiger partial charge in [-0.1, -0.05) is 35.3 Å². The summed E-state index contributed by atoms with van der Waals surface area (Å²) in [6, 6.07) is 9.77. The number of hydrogen-bond acceptors (Lipinski definition) is 2. The van der Waals surface area contributed by atoms with E-state index in [-0.39, 0.29) is 17.4 Å². The van der Waals surface area contributed by atoms with Gasteiger partial charge in [0.25, 0.3) is 0 Å². The maximum Gasteiger partial charge on any atom is 0.303 e. The SMILES string of the molecule is O=C(O)CC(Cc1nc2cc(Cl)c(F)cc2[nH]1)c1ccc(Cl)cc1. The second-order valence-electron chi connectivity index (χ2n) is 5.52. The number of benzene rings is 2. The summed E-state index contributed by atoms with van der Waals surface area (Å²) in [5, 5.41) is 9.75. The normalized spacial score (nSPS) is 12.5. The highest BCUT2D eigenvalue weighted by Crippen LogP contribution is 2.27. The van der Waals surface area contributed by atoms with Gasteiger partial charge in [0, 0.05) is 23.4 Å². The molecule has 24 heavy (non-hydrogen) atoms. The Morgan fingerprint density at radius 1 is 1.25 bits per heavy atom. The maximum atomic E-state index is 13.5. The lowest BCUT2D eigenvalue weighted by atomic mass is 9.92. The van der Waals surface area contributed by atoms with Crippen molar-refractivity contribution in [2.75, 3.05) is 0 Å². The Morgan fingerprint density at radius 3 is 2.62 bits per heavy atom. The van der Waals surface area contributed by atoms with Gasteiger partial charge < -0.3 is 10.1 Å². The van der Waals surface area contributed by atoms with E-state index < -0.39 is 11.8 Å². The molecule has 2 N–H and O–H groups in total. The molecule has 124 valence electrons. The smallest absolute Gasteiger partial charge is 0.303 e. The van der Waals surface area contributed by atoms with Crippen LogP contribution >= 0.6 is 23.2 Å². The van der Waals surface area contributed by atoms with Crippen molar-refractivity contribution in [3.63, 3.8) is 0 Å². The van der Waals surface area contributed by atoms with Crippen LogP contribution in [0.2, 0.25) is 10.0 Å². The number of aliphatic carboxylic acids is 1. The molecule has 0 aliphatic rings. The Morgan fingerprint density at radius 2 is 1.96 bits per heavy atom. The highest BCUT2D eigenvalue weighted by molar-refractivity contribution is 6.31. The molecule has 4 nitrogen and oxygen atoms in total. The molecule has 2 aromatic carbocycles. The zero-order chi connectivity index (χ0) is 17.3. The van der Waals surface area contributed by atoms with Crippen LogP contribution in [0, 0.1) is 5.82 Å². The number of imidazole rings is 1. The van der Waals surface area contributed by atoms with E-state index in [0.29, 0.717) is 28.3 Å². The minimum absolute atomic E-state index is 0.000312. The van der Waals surface area contributed by atoms with Crippen molar-refractivity contribution in [1.82, 2.24) is 9.97 Å². The molecule has 0 fully saturated rings. The van der Waals surface area contributed by atoms with Gasteiger partial charge in [-0.2, -0.15) is 0 Å². The number of carboxylic acid groups (broad SMARTS) is 1. The number of aromatic nitrogens is 2. The van der Waals surface area contributed by atoms with Gasteiger partial charge in [-0.25, -0.2) is 9.37 Å². The summed E-state index contributed by atoms with van der Waals surface area (Å²) < 4.78 is 13.5. The predicted molar refractivity (Wildman–Crippen MR) is 91.2 cm³/mol. The topological polar surface area (TPSA) is 66.0 Å². The Hall–Kier alpha value is -2.11. The number of carbonyl (C=O) groups is 1. The third-order valence-corrected chi connectivity index (χ3v) is 4.32. The Labute approximate surface area is 147 Å². The van der Waals surface area contributed by atoms with Crippen LogP contribution in [0.1, 0.15) is 23.7 Å². The van der Waals surface area contributed by atoms with Crippen molar-refractivity contribution in [2.24, 2.45) is 0 Å². The number of nitrogens with one attached hydrogen (secondary N) is 1. The van der Waals surface area contributed by atoms with Gasteiger partial charge in [0.15, 0.2) is 0 Å². The summed E-state index contributed by atoms with van der Waals surface area (Å²) in [4.78, 5) is 18.6. The van der Waals surface area contributed by atoms with E-state index >= 15 is 0 Å². The van der Waals surface area contributed by atoms with Crippen LogP contribution in [0.25, 0.3) is 11.0 Å². The average Bonchev–Trinajstić information content (AvgIpc) is 2.88. The quantitative estimate of drug-likeness (QED) is 0.680. The molecular formula is C17H13Cl2FN2O2. The van der Waals surface area contributed by atoms with Gasteiger partial charge in [0.2, 0.25) is 0 Å². The molecule has 0 radical (unpaired) electrons. The molecule has 1 aromatic heterocycles. The van der Waals surface area contributed by atoms with Gasteiger partial charge in [-0.3, -0.25) is 4.79 Å². The van der Waals surface area contributed by atoms with Crippen molar-refractivity contribution < 1.29 is 14.3 Å². The van der Waals surface area contributed by atoms with Crippen molar-refractivity contribution in [1.29, 1.82) is 0 Å². The molecule has 0 aliphatic carbocycles. The van der Waals surface area contributed by atoms with E-state index in [9.17, 15) is 9.18 Å². The summed E-state index contributed by atoms with van der Waals surface area (Å²) in [5.41, 5.74) is 1.92. The fourth-order valence-electron chi connectivity index (χ4n) is 2.64. The highest BCUT2D eigenvalue weighted by Gasteiger charge is 2.19. The van der Waals surface area contributed by atoms with Gasteiger partial charge in [0.1, 0.15) is 11.6 Å². The monoisotopic (exact) mass is 366 g/mol. The zero-order valence-corrected chi connectivity index (χ0v) is 13.9. The Kier molecular flexibility index (Phi) is 4.73. The molecule has 0 saturated heterocycles. The van der Waals surface area contributed by atoms with Crippen LogP contribution < -0.4 is 0 Å². The number of nitrogens with zero attached hydrogens (tertiary/aromatic N) is 1. The summed E-state index contributed by atoms with van der Waals surface area (Å²) in [6.45, 7) is 0. The summed E-state index contributed by atoms with van der Waals surface area (Å²) in [7, 11) is 0. The summed E-state index contributed by atoms with van der Waals surface area (Å²) >= 11 is 11.6. The van der Waals surface area contributed by atoms with E-state index in [2.05, 4.69) is 9.97 Å². The molecule has 0 amide bonds. The van der Waals surface area contributed by atoms with Crippen LogP contribution in [0.5, 0.6) is 0 Å². The van der Waals surface area contributed by atoms with E-state index in [1.165, 1.54) is 12.1 Å². The van der Waals surface area contributed by atoms with Gasteiger partial charge in [0.05, 0.1) is 22.5 Å². The first-order chi connectivity index (χ1) is 11.4. The standard InChI is InChI=1S/C17H13Cl2FN2O2/c18-11-3-1-9(2-4-11)10(6-17(23)24)5-16-21-14-7-12(19)13(20)8-15(14)22-16/h1-4,7-8,10H,5-6H2,(H,21,22)(H,23,24). The van der Waals surface area contributed by atoms with Crippen LogP contribution in [0.3, 0.4) is 0 Å². The number of carboxylic acids is 1. The first-order valence-electron chi connectivity index (χ1n) is 7.23. The minimum atomic E-state index is -0.903. The molecular weight excluding hydrogens is 354 g/mol. The van der Waals surface area contributed by atoms with Gasteiger partial charge in [-0.05, 0) is 23.8 Å². The third kappa shape index (κ3) is 3.68. The van der Waals surface area contributed by atoms with Crippen LogP contribution in [0.4, 0.5) is 4.39 Å². The molecule has 0 saturated carbocycles. The average molecular weight is 367 g/mol. The van der Waals surface area contributed by atoms with E-state index in [1.54, 1.807) is 24.3 Å². The largest absolute Gasteiger partial charge is 0.481 e. The number of fused-ring (bicyclic) bond motifs is 1. The van der Waals surface area contributed by atoms with Crippen molar-refractivity contribution >= 4 is 40.2 Å². The number of H-pyrrole nitrogens is 1. The molecule has 0 aliphatic heterocycles. The van der Waals surface area contributed by atoms with Crippen molar-refractivity contribution in [3.05, 3.63) is 63.6 Å². The first kappa shape index (κ1) is 16.7. The van der Waals surface area contributed by atoms with Crippen molar-refractivity contribution in [3.8, 4) is 0 Å². The second-order valence-corrected chi connectivity index (χ2v) is 6.36. The molecule has 1 heterocycles. The van der Waals surface area contributed by atoms with E-state index in [4.69, 9.17) is 28.3 Å². The molecule has 0 spiro atoms. The number of aromatic amines is 1. The Bertz CT molecular complexity index is 854. The lowest BCUT2D eigenvalue weighted by molar-refractivity contribution is -0.137. The van der Waals surface area contributed by atoms with Gasteiger partial charge >= 0.3 is 5.97 Å². The summed E-state index contributed by atoms with van der Waals surface area (Å²) in [6.07, 6.45) is 0.329. The third-order valence-electron chi connectivity index (χ3n) is 3.78.